The second kappa shape index (κ2) is 5.21. The van der Waals surface area contributed by atoms with Crippen LogP contribution in [0.15, 0.2) is 24.5 Å². The van der Waals surface area contributed by atoms with Gasteiger partial charge in [0.2, 0.25) is 0 Å². The minimum absolute atomic E-state index is 0.528. The number of hydrogen-bond donors (Lipinski definition) is 1. The van der Waals surface area contributed by atoms with Crippen molar-refractivity contribution in [3.05, 3.63) is 40.8 Å². The molecule has 1 fully saturated rings. The fourth-order valence-corrected chi connectivity index (χ4v) is 2.85. The molecule has 0 aromatic carbocycles. The SMILES string of the molecule is Nc1ncc(Cl)cc1Cc1ccn(C2CCCC2)n1. The highest BCUT2D eigenvalue weighted by atomic mass is 35.5. The number of anilines is 1. The molecule has 0 amide bonds. The topological polar surface area (TPSA) is 56.7 Å². The minimum atomic E-state index is 0.528. The maximum Gasteiger partial charge on any atom is 0.127 e. The lowest BCUT2D eigenvalue weighted by Crippen LogP contribution is -2.06. The van der Waals surface area contributed by atoms with E-state index in [1.165, 1.54) is 25.7 Å². The minimum Gasteiger partial charge on any atom is -0.383 e. The van der Waals surface area contributed by atoms with Crippen LogP contribution in [0.5, 0.6) is 0 Å². The smallest absolute Gasteiger partial charge is 0.127 e. The van der Waals surface area contributed by atoms with E-state index in [0.29, 0.717) is 23.3 Å². The van der Waals surface area contributed by atoms with Crippen molar-refractivity contribution < 1.29 is 0 Å². The maximum atomic E-state index is 5.95. The number of rotatable bonds is 3. The summed E-state index contributed by atoms with van der Waals surface area (Å²) in [7, 11) is 0. The summed E-state index contributed by atoms with van der Waals surface area (Å²) in [5.41, 5.74) is 7.81. The first-order valence-corrected chi connectivity index (χ1v) is 7.04. The molecule has 2 aromatic heterocycles. The number of nitrogens with zero attached hydrogens (tertiary/aromatic N) is 3. The zero-order valence-electron chi connectivity index (χ0n) is 10.7. The van der Waals surface area contributed by atoms with E-state index in [1.807, 2.05) is 6.07 Å². The van der Waals surface area contributed by atoms with Crippen LogP contribution in [0.2, 0.25) is 5.02 Å². The van der Waals surface area contributed by atoms with Gasteiger partial charge >= 0.3 is 0 Å². The van der Waals surface area contributed by atoms with E-state index in [-0.39, 0.29) is 0 Å². The lowest BCUT2D eigenvalue weighted by Gasteiger charge is -2.09. The van der Waals surface area contributed by atoms with Crippen LogP contribution in [-0.4, -0.2) is 14.8 Å². The van der Waals surface area contributed by atoms with Crippen molar-refractivity contribution in [1.82, 2.24) is 14.8 Å². The molecule has 0 bridgehead atoms. The molecule has 19 heavy (non-hydrogen) atoms. The van der Waals surface area contributed by atoms with Crippen LogP contribution >= 0.6 is 11.6 Å². The summed E-state index contributed by atoms with van der Waals surface area (Å²) in [6.07, 6.45) is 9.41. The average Bonchev–Trinajstić information content (AvgIpc) is 3.04. The molecule has 3 rings (SSSR count). The fourth-order valence-electron chi connectivity index (χ4n) is 2.67. The van der Waals surface area contributed by atoms with Gasteiger partial charge in [-0.25, -0.2) is 4.98 Å². The number of nitrogens with two attached hydrogens (primary N) is 1. The van der Waals surface area contributed by atoms with Gasteiger partial charge in [-0.15, -0.1) is 0 Å². The van der Waals surface area contributed by atoms with Gasteiger partial charge in [-0.1, -0.05) is 24.4 Å². The molecule has 1 aliphatic carbocycles. The number of aromatic nitrogens is 3. The summed E-state index contributed by atoms with van der Waals surface area (Å²) >= 11 is 5.95. The molecule has 2 N–H and O–H groups in total. The number of halogens is 1. The third-order valence-electron chi connectivity index (χ3n) is 3.70. The summed E-state index contributed by atoms with van der Waals surface area (Å²) in [6.45, 7) is 0. The molecule has 100 valence electrons. The van der Waals surface area contributed by atoms with Gasteiger partial charge in [0.15, 0.2) is 0 Å². The van der Waals surface area contributed by atoms with E-state index in [1.54, 1.807) is 6.20 Å². The second-order valence-corrected chi connectivity index (χ2v) is 5.54. The van der Waals surface area contributed by atoms with Gasteiger partial charge in [0.05, 0.1) is 16.8 Å². The van der Waals surface area contributed by atoms with Crippen molar-refractivity contribution in [2.75, 3.05) is 5.73 Å². The van der Waals surface area contributed by atoms with Crippen LogP contribution in [0.4, 0.5) is 5.82 Å². The normalized spacial score (nSPS) is 16.1. The van der Waals surface area contributed by atoms with Crippen molar-refractivity contribution in [3.8, 4) is 0 Å². The second-order valence-electron chi connectivity index (χ2n) is 5.10. The molecule has 0 spiro atoms. The standard InChI is InChI=1S/C14H17ClN4/c15-11-7-10(14(16)17-9-11)8-12-5-6-19(18-12)13-3-1-2-4-13/h5-7,9,13H,1-4,8H2,(H2,16,17). The summed E-state index contributed by atoms with van der Waals surface area (Å²) in [5, 5.41) is 5.26. The maximum absolute atomic E-state index is 5.95. The van der Waals surface area contributed by atoms with E-state index >= 15 is 0 Å². The van der Waals surface area contributed by atoms with Crippen LogP contribution in [0, 0.1) is 0 Å². The van der Waals surface area contributed by atoms with Gasteiger partial charge in [0.1, 0.15) is 5.82 Å². The zero-order chi connectivity index (χ0) is 13.2. The van der Waals surface area contributed by atoms with Gasteiger partial charge in [0, 0.05) is 24.4 Å². The fraction of sp³-hybridized carbons (Fsp3) is 0.429. The third-order valence-corrected chi connectivity index (χ3v) is 3.91. The quantitative estimate of drug-likeness (QED) is 0.936. The molecule has 1 saturated carbocycles. The molecule has 0 unspecified atom stereocenters. The average molecular weight is 277 g/mol. The largest absolute Gasteiger partial charge is 0.383 e. The highest BCUT2D eigenvalue weighted by Gasteiger charge is 2.17. The summed E-state index contributed by atoms with van der Waals surface area (Å²) < 4.78 is 2.09. The molecule has 0 saturated heterocycles. The Morgan fingerprint density at radius 3 is 2.95 bits per heavy atom. The molecule has 0 atom stereocenters. The van der Waals surface area contributed by atoms with Gasteiger partial charge in [-0.05, 0) is 25.0 Å². The lowest BCUT2D eigenvalue weighted by atomic mass is 10.1. The predicted molar refractivity (Wildman–Crippen MR) is 76.2 cm³/mol. The van der Waals surface area contributed by atoms with Crippen molar-refractivity contribution in [2.45, 2.75) is 38.1 Å². The Morgan fingerprint density at radius 1 is 1.37 bits per heavy atom. The van der Waals surface area contributed by atoms with Crippen LogP contribution < -0.4 is 5.73 Å². The van der Waals surface area contributed by atoms with Crippen molar-refractivity contribution in [3.63, 3.8) is 0 Å². The van der Waals surface area contributed by atoms with Gasteiger partial charge in [-0.3, -0.25) is 4.68 Å². The number of nitrogen functional groups attached to an aromatic ring is 1. The molecule has 0 aliphatic heterocycles. The first kappa shape index (κ1) is 12.5. The van der Waals surface area contributed by atoms with Crippen LogP contribution in [0.3, 0.4) is 0 Å². The van der Waals surface area contributed by atoms with Crippen molar-refractivity contribution in [1.29, 1.82) is 0 Å². The Kier molecular flexibility index (Phi) is 3.42. The van der Waals surface area contributed by atoms with E-state index in [4.69, 9.17) is 17.3 Å². The molecule has 5 heteroatoms. The van der Waals surface area contributed by atoms with E-state index in [0.717, 1.165) is 11.3 Å². The Hall–Kier alpha value is -1.55. The molecule has 0 radical (unpaired) electrons. The highest BCUT2D eigenvalue weighted by molar-refractivity contribution is 6.30. The van der Waals surface area contributed by atoms with E-state index in [2.05, 4.69) is 27.0 Å². The zero-order valence-corrected chi connectivity index (χ0v) is 11.5. The molecular weight excluding hydrogens is 260 g/mol. The van der Waals surface area contributed by atoms with Crippen LogP contribution in [0.25, 0.3) is 0 Å². The van der Waals surface area contributed by atoms with Crippen LogP contribution in [0.1, 0.15) is 43.0 Å². The van der Waals surface area contributed by atoms with Crippen molar-refractivity contribution >= 4 is 17.4 Å². The van der Waals surface area contributed by atoms with Crippen LogP contribution in [-0.2, 0) is 6.42 Å². The van der Waals surface area contributed by atoms with Gasteiger partial charge in [0.25, 0.3) is 0 Å². The summed E-state index contributed by atoms with van der Waals surface area (Å²) in [6, 6.07) is 4.49. The molecule has 4 nitrogen and oxygen atoms in total. The monoisotopic (exact) mass is 276 g/mol. The Balaban J connectivity index is 1.77. The van der Waals surface area contributed by atoms with E-state index in [9.17, 15) is 0 Å². The summed E-state index contributed by atoms with van der Waals surface area (Å²) in [4.78, 5) is 4.07. The molecular formula is C14H17ClN4. The molecule has 2 aromatic rings. The molecule has 1 aliphatic rings. The van der Waals surface area contributed by atoms with Gasteiger partial charge < -0.3 is 5.73 Å². The first-order valence-electron chi connectivity index (χ1n) is 6.66. The Morgan fingerprint density at radius 2 is 2.16 bits per heavy atom. The number of pyridine rings is 1. The number of hydrogen-bond acceptors (Lipinski definition) is 3. The first-order chi connectivity index (χ1) is 9.22. The third kappa shape index (κ3) is 2.73. The predicted octanol–water partition coefficient (Wildman–Crippen LogP) is 3.22. The molecule has 2 heterocycles. The summed E-state index contributed by atoms with van der Waals surface area (Å²) in [5.74, 6) is 0.528. The highest BCUT2D eigenvalue weighted by Crippen LogP contribution is 2.29. The van der Waals surface area contributed by atoms with E-state index < -0.39 is 0 Å². The Bertz CT molecular complexity index is 573. The van der Waals surface area contributed by atoms with Gasteiger partial charge in [-0.2, -0.15) is 5.10 Å². The van der Waals surface area contributed by atoms with Crippen molar-refractivity contribution in [2.24, 2.45) is 0 Å². The lowest BCUT2D eigenvalue weighted by molar-refractivity contribution is 0.463. The Labute approximate surface area is 117 Å².